The molecule has 0 aliphatic carbocycles. The van der Waals surface area contributed by atoms with E-state index in [0.717, 1.165) is 16.2 Å². The number of rotatable bonds is 4. The molecule has 0 aliphatic rings. The lowest BCUT2D eigenvalue weighted by molar-refractivity contribution is 0.215. The first-order valence-corrected chi connectivity index (χ1v) is 7.86. The van der Waals surface area contributed by atoms with Crippen LogP contribution in [0.4, 0.5) is 0 Å². The maximum absolute atomic E-state index is 10.6. The molecule has 0 radical (unpaired) electrons. The van der Waals surface area contributed by atoms with Gasteiger partial charge in [-0.25, -0.2) is 0 Å². The fourth-order valence-electron chi connectivity index (χ4n) is 2.07. The highest BCUT2D eigenvalue weighted by molar-refractivity contribution is 7.26. The molecular weight excluding hydrogens is 276 g/mol. The molecule has 1 atom stereocenters. The summed E-state index contributed by atoms with van der Waals surface area (Å²) in [5.41, 5.74) is 0.832. The maximum Gasteiger partial charge on any atom is 0.125 e. The Morgan fingerprint density at radius 2 is 2.05 bits per heavy atom. The predicted octanol–water partition coefficient (Wildman–Crippen LogP) is 4.44. The molecule has 4 heteroatoms. The fraction of sp³-hybridized carbons (Fsp3) is 0.200. The van der Waals surface area contributed by atoms with E-state index in [-0.39, 0.29) is 0 Å². The van der Waals surface area contributed by atoms with Crippen LogP contribution in [0.3, 0.4) is 0 Å². The van der Waals surface area contributed by atoms with Gasteiger partial charge in [0, 0.05) is 19.8 Å². The van der Waals surface area contributed by atoms with Gasteiger partial charge in [-0.05, 0) is 30.5 Å². The zero-order valence-corrected chi connectivity index (χ0v) is 12.1. The number of thiophene rings is 2. The number of hydrogen-bond donors (Lipinski definition) is 1. The van der Waals surface area contributed by atoms with Crippen molar-refractivity contribution >= 4 is 32.1 Å². The summed E-state index contributed by atoms with van der Waals surface area (Å²) in [6.07, 6.45) is -0.618. The van der Waals surface area contributed by atoms with Crippen molar-refractivity contribution in [2.45, 2.75) is 13.0 Å². The van der Waals surface area contributed by atoms with Crippen LogP contribution in [-0.4, -0.2) is 11.7 Å². The van der Waals surface area contributed by atoms with Crippen molar-refractivity contribution in [3.8, 4) is 5.75 Å². The van der Waals surface area contributed by atoms with Crippen molar-refractivity contribution in [1.29, 1.82) is 0 Å². The third-order valence-electron chi connectivity index (χ3n) is 2.94. The average molecular weight is 290 g/mol. The molecule has 0 spiro atoms. The van der Waals surface area contributed by atoms with Crippen LogP contribution in [0.1, 0.15) is 23.5 Å². The van der Waals surface area contributed by atoms with Crippen LogP contribution in [0.2, 0.25) is 0 Å². The zero-order chi connectivity index (χ0) is 13.2. The second-order valence-electron chi connectivity index (χ2n) is 4.17. The third-order valence-corrected chi connectivity index (χ3v) is 5.09. The maximum atomic E-state index is 10.6. The first-order chi connectivity index (χ1) is 9.29. The summed E-state index contributed by atoms with van der Waals surface area (Å²) >= 11 is 3.34. The molecule has 19 heavy (non-hydrogen) atoms. The molecule has 2 nitrogen and oxygen atoms in total. The quantitative estimate of drug-likeness (QED) is 0.769. The van der Waals surface area contributed by atoms with E-state index in [1.165, 1.54) is 9.40 Å². The number of fused-ring (bicyclic) bond motifs is 1. The second-order valence-corrected chi connectivity index (χ2v) is 6.23. The third kappa shape index (κ3) is 2.39. The highest BCUT2D eigenvalue weighted by Crippen LogP contribution is 2.38. The Kier molecular flexibility index (Phi) is 3.55. The molecule has 0 amide bonds. The Bertz CT molecular complexity index is 656. The zero-order valence-electron chi connectivity index (χ0n) is 10.5. The first-order valence-electron chi connectivity index (χ1n) is 6.16. The van der Waals surface area contributed by atoms with Crippen molar-refractivity contribution in [3.63, 3.8) is 0 Å². The Morgan fingerprint density at radius 3 is 2.84 bits per heavy atom. The van der Waals surface area contributed by atoms with E-state index >= 15 is 0 Å². The molecule has 0 saturated carbocycles. The normalized spacial score (nSPS) is 12.7. The van der Waals surface area contributed by atoms with E-state index in [0.29, 0.717) is 6.61 Å². The molecule has 0 bridgehead atoms. The largest absolute Gasteiger partial charge is 0.493 e. The van der Waals surface area contributed by atoms with Gasteiger partial charge in [0.25, 0.3) is 0 Å². The van der Waals surface area contributed by atoms with Gasteiger partial charge in [-0.2, -0.15) is 0 Å². The summed E-state index contributed by atoms with van der Waals surface area (Å²) in [6, 6.07) is 11.8. The molecule has 0 fully saturated rings. The van der Waals surface area contributed by atoms with Crippen LogP contribution in [0.15, 0.2) is 41.8 Å². The van der Waals surface area contributed by atoms with Crippen LogP contribution in [-0.2, 0) is 0 Å². The van der Waals surface area contributed by atoms with Crippen LogP contribution in [0, 0.1) is 0 Å². The van der Waals surface area contributed by atoms with Gasteiger partial charge in [-0.1, -0.05) is 18.2 Å². The van der Waals surface area contributed by atoms with Crippen molar-refractivity contribution in [2.24, 2.45) is 0 Å². The number of aliphatic hydroxyl groups excluding tert-OH is 1. The van der Waals surface area contributed by atoms with E-state index < -0.39 is 6.10 Å². The van der Waals surface area contributed by atoms with E-state index in [1.807, 2.05) is 31.2 Å². The van der Waals surface area contributed by atoms with Gasteiger partial charge in [0.1, 0.15) is 11.9 Å². The lowest BCUT2D eigenvalue weighted by Crippen LogP contribution is -2.02. The van der Waals surface area contributed by atoms with Gasteiger partial charge in [0.15, 0.2) is 0 Å². The van der Waals surface area contributed by atoms with Crippen LogP contribution in [0.5, 0.6) is 5.75 Å². The number of hydrogen-bond acceptors (Lipinski definition) is 4. The minimum Gasteiger partial charge on any atom is -0.493 e. The highest BCUT2D eigenvalue weighted by Gasteiger charge is 2.17. The summed E-state index contributed by atoms with van der Waals surface area (Å²) in [5.74, 6) is 0.759. The molecule has 1 aromatic carbocycles. The fourth-order valence-corrected chi connectivity index (χ4v) is 4.19. The number of ether oxygens (including phenoxy) is 1. The van der Waals surface area contributed by atoms with Gasteiger partial charge >= 0.3 is 0 Å². The van der Waals surface area contributed by atoms with Crippen molar-refractivity contribution in [3.05, 3.63) is 52.2 Å². The number of para-hydroxylation sites is 1. The Balaban J connectivity index is 1.99. The van der Waals surface area contributed by atoms with Gasteiger partial charge in [0.05, 0.1) is 6.61 Å². The predicted molar refractivity (Wildman–Crippen MR) is 81.4 cm³/mol. The smallest absolute Gasteiger partial charge is 0.125 e. The van der Waals surface area contributed by atoms with Gasteiger partial charge in [-0.3, -0.25) is 0 Å². The summed E-state index contributed by atoms with van der Waals surface area (Å²) in [7, 11) is 0. The summed E-state index contributed by atoms with van der Waals surface area (Å²) < 4.78 is 8.04. The Morgan fingerprint density at radius 1 is 1.21 bits per heavy atom. The first kappa shape index (κ1) is 12.7. The Hall–Kier alpha value is -1.36. The SMILES string of the molecule is CCOc1ccccc1C(O)c1cc2sccc2s1. The molecule has 2 heterocycles. The van der Waals surface area contributed by atoms with Crippen molar-refractivity contribution in [1.82, 2.24) is 0 Å². The van der Waals surface area contributed by atoms with Gasteiger partial charge in [0.2, 0.25) is 0 Å². The van der Waals surface area contributed by atoms with E-state index in [9.17, 15) is 5.11 Å². The minimum absolute atomic E-state index is 0.600. The van der Waals surface area contributed by atoms with Gasteiger partial charge in [-0.15, -0.1) is 22.7 Å². The lowest BCUT2D eigenvalue weighted by Gasteiger charge is -2.14. The average Bonchev–Trinajstić information content (AvgIpc) is 2.99. The molecule has 1 unspecified atom stereocenters. The number of benzene rings is 1. The van der Waals surface area contributed by atoms with Crippen LogP contribution < -0.4 is 4.74 Å². The molecule has 1 N–H and O–H groups in total. The monoisotopic (exact) mass is 290 g/mol. The summed E-state index contributed by atoms with van der Waals surface area (Å²) in [6.45, 7) is 2.55. The molecule has 0 aliphatic heterocycles. The molecule has 98 valence electrons. The highest BCUT2D eigenvalue weighted by atomic mass is 32.1. The van der Waals surface area contributed by atoms with Crippen molar-refractivity contribution in [2.75, 3.05) is 6.61 Å². The lowest BCUT2D eigenvalue weighted by atomic mass is 10.1. The Labute approximate surface area is 119 Å². The standard InChI is InChI=1S/C15H14O2S2/c1-2-17-11-6-4-3-5-10(11)15(16)14-9-13-12(19-14)7-8-18-13/h3-9,15-16H,2H2,1H3. The molecular formula is C15H14O2S2. The van der Waals surface area contributed by atoms with Crippen LogP contribution >= 0.6 is 22.7 Å². The molecule has 3 aromatic rings. The van der Waals surface area contributed by atoms with E-state index in [2.05, 4.69) is 17.5 Å². The number of aliphatic hydroxyl groups is 1. The molecule has 2 aromatic heterocycles. The second kappa shape index (κ2) is 5.33. The topological polar surface area (TPSA) is 29.5 Å². The minimum atomic E-state index is -0.618. The van der Waals surface area contributed by atoms with Gasteiger partial charge < -0.3 is 9.84 Å². The molecule has 3 rings (SSSR count). The van der Waals surface area contributed by atoms with E-state index in [1.54, 1.807) is 22.7 Å². The molecule has 0 saturated heterocycles. The van der Waals surface area contributed by atoms with E-state index in [4.69, 9.17) is 4.74 Å². The summed E-state index contributed by atoms with van der Waals surface area (Å²) in [4.78, 5) is 0.967. The van der Waals surface area contributed by atoms with Crippen LogP contribution in [0.25, 0.3) is 9.40 Å². The van der Waals surface area contributed by atoms with Crippen molar-refractivity contribution < 1.29 is 9.84 Å². The summed E-state index contributed by atoms with van der Waals surface area (Å²) in [5, 5.41) is 12.6.